The molecule has 0 spiro atoms. The van der Waals surface area contributed by atoms with Crippen molar-refractivity contribution in [2.45, 2.75) is 6.92 Å². The second-order valence-electron chi connectivity index (χ2n) is 3.74. The zero-order valence-electron chi connectivity index (χ0n) is 9.64. The van der Waals surface area contributed by atoms with E-state index < -0.39 is 0 Å². The van der Waals surface area contributed by atoms with Gasteiger partial charge in [0.1, 0.15) is 5.82 Å². The van der Waals surface area contributed by atoms with E-state index in [4.69, 9.17) is 17.3 Å². The Balaban J connectivity index is 2.22. The van der Waals surface area contributed by atoms with Crippen molar-refractivity contribution < 1.29 is 4.79 Å². The molecule has 0 radical (unpaired) electrons. The summed E-state index contributed by atoms with van der Waals surface area (Å²) in [5, 5.41) is 2.73. The number of nitrogen functional groups attached to an aromatic ring is 1. The standard InChI is InChI=1S/C12H11ClN4O/c1-7-6-8(14)2-3-9(7)11(18)16-10-4-5-15-12(13)17-10/h2-6H,14H2,1H3,(H,15,16,17,18). The lowest BCUT2D eigenvalue weighted by molar-refractivity contribution is 0.102. The van der Waals surface area contributed by atoms with Gasteiger partial charge in [-0.2, -0.15) is 0 Å². The van der Waals surface area contributed by atoms with E-state index >= 15 is 0 Å². The van der Waals surface area contributed by atoms with Crippen LogP contribution in [0.5, 0.6) is 0 Å². The highest BCUT2D eigenvalue weighted by Gasteiger charge is 2.10. The number of rotatable bonds is 2. The van der Waals surface area contributed by atoms with Crippen LogP contribution in [-0.2, 0) is 0 Å². The van der Waals surface area contributed by atoms with Gasteiger partial charge in [0.15, 0.2) is 0 Å². The summed E-state index contributed by atoms with van der Waals surface area (Å²) in [5.74, 6) is 0.0958. The topological polar surface area (TPSA) is 80.9 Å². The lowest BCUT2D eigenvalue weighted by Gasteiger charge is -2.07. The van der Waals surface area contributed by atoms with Gasteiger partial charge in [-0.25, -0.2) is 9.97 Å². The second-order valence-corrected chi connectivity index (χ2v) is 4.08. The van der Waals surface area contributed by atoms with Crippen molar-refractivity contribution in [3.05, 3.63) is 46.9 Å². The molecule has 5 nitrogen and oxygen atoms in total. The summed E-state index contributed by atoms with van der Waals surface area (Å²) in [6, 6.07) is 6.65. The predicted molar refractivity (Wildman–Crippen MR) is 70.6 cm³/mol. The minimum Gasteiger partial charge on any atom is -0.399 e. The van der Waals surface area contributed by atoms with E-state index in [0.29, 0.717) is 17.1 Å². The molecular formula is C12H11ClN4O. The number of carbonyl (C=O) groups excluding carboxylic acids is 1. The van der Waals surface area contributed by atoms with Crippen molar-refractivity contribution >= 4 is 29.0 Å². The molecule has 92 valence electrons. The van der Waals surface area contributed by atoms with Crippen molar-refractivity contribution in [1.29, 1.82) is 0 Å². The molecular weight excluding hydrogens is 252 g/mol. The molecule has 1 heterocycles. The summed E-state index contributed by atoms with van der Waals surface area (Å²) >= 11 is 5.64. The Morgan fingerprint density at radius 1 is 1.39 bits per heavy atom. The average molecular weight is 263 g/mol. The van der Waals surface area contributed by atoms with Crippen molar-refractivity contribution in [3.63, 3.8) is 0 Å². The predicted octanol–water partition coefficient (Wildman–Crippen LogP) is 2.27. The maximum Gasteiger partial charge on any atom is 0.257 e. The fourth-order valence-electron chi connectivity index (χ4n) is 1.53. The molecule has 0 atom stereocenters. The Morgan fingerprint density at radius 2 is 2.17 bits per heavy atom. The summed E-state index contributed by atoms with van der Waals surface area (Å²) in [7, 11) is 0. The summed E-state index contributed by atoms with van der Waals surface area (Å²) in [6.45, 7) is 1.82. The normalized spacial score (nSPS) is 10.1. The van der Waals surface area contributed by atoms with E-state index in [1.54, 1.807) is 24.3 Å². The van der Waals surface area contributed by atoms with Crippen molar-refractivity contribution in [1.82, 2.24) is 9.97 Å². The Hall–Kier alpha value is -2.14. The fourth-order valence-corrected chi connectivity index (χ4v) is 1.68. The van der Waals surface area contributed by atoms with Crippen LogP contribution in [0.25, 0.3) is 0 Å². The number of aryl methyl sites for hydroxylation is 1. The molecule has 2 rings (SSSR count). The van der Waals surface area contributed by atoms with Gasteiger partial charge in [-0.1, -0.05) is 0 Å². The third kappa shape index (κ3) is 2.75. The molecule has 1 aromatic carbocycles. The molecule has 1 amide bonds. The van der Waals surface area contributed by atoms with Crippen molar-refractivity contribution in [2.24, 2.45) is 0 Å². The Labute approximate surface area is 109 Å². The molecule has 18 heavy (non-hydrogen) atoms. The zero-order chi connectivity index (χ0) is 13.1. The van der Waals surface area contributed by atoms with Crippen LogP contribution in [-0.4, -0.2) is 15.9 Å². The van der Waals surface area contributed by atoms with Gasteiger partial charge in [-0.05, 0) is 48.4 Å². The van der Waals surface area contributed by atoms with Gasteiger partial charge in [0, 0.05) is 17.4 Å². The number of halogens is 1. The molecule has 2 aromatic rings. The number of benzene rings is 1. The highest BCUT2D eigenvalue weighted by Crippen LogP contribution is 2.14. The maximum absolute atomic E-state index is 12.0. The highest BCUT2D eigenvalue weighted by molar-refractivity contribution is 6.28. The minimum atomic E-state index is -0.262. The Kier molecular flexibility index (Phi) is 3.43. The van der Waals surface area contributed by atoms with Crippen LogP contribution in [0.2, 0.25) is 5.28 Å². The van der Waals surface area contributed by atoms with Crippen LogP contribution in [0.15, 0.2) is 30.5 Å². The van der Waals surface area contributed by atoms with Crippen molar-refractivity contribution in [3.8, 4) is 0 Å². The van der Waals surface area contributed by atoms with Gasteiger partial charge in [-0.3, -0.25) is 4.79 Å². The van der Waals surface area contributed by atoms with Crippen molar-refractivity contribution in [2.75, 3.05) is 11.1 Å². The number of aromatic nitrogens is 2. The average Bonchev–Trinajstić information content (AvgIpc) is 2.28. The van der Waals surface area contributed by atoms with E-state index in [9.17, 15) is 4.79 Å². The molecule has 0 aliphatic carbocycles. The van der Waals surface area contributed by atoms with Gasteiger partial charge in [0.2, 0.25) is 5.28 Å². The number of carbonyl (C=O) groups is 1. The first-order valence-electron chi connectivity index (χ1n) is 5.22. The molecule has 0 aliphatic rings. The van der Waals surface area contributed by atoms with E-state index in [2.05, 4.69) is 15.3 Å². The molecule has 3 N–H and O–H groups in total. The molecule has 1 aromatic heterocycles. The van der Waals surface area contributed by atoms with Crippen LogP contribution in [0.1, 0.15) is 15.9 Å². The lowest BCUT2D eigenvalue weighted by Crippen LogP contribution is -2.14. The third-order valence-corrected chi connectivity index (χ3v) is 2.54. The SMILES string of the molecule is Cc1cc(N)ccc1C(=O)Nc1ccnc(Cl)n1. The first kappa shape index (κ1) is 12.3. The van der Waals surface area contributed by atoms with Crippen LogP contribution in [0.3, 0.4) is 0 Å². The Morgan fingerprint density at radius 3 is 2.83 bits per heavy atom. The van der Waals surface area contributed by atoms with E-state index in [1.165, 1.54) is 6.20 Å². The number of anilines is 2. The highest BCUT2D eigenvalue weighted by atomic mass is 35.5. The third-order valence-electron chi connectivity index (χ3n) is 2.36. The monoisotopic (exact) mass is 262 g/mol. The van der Waals surface area contributed by atoms with Crippen LogP contribution >= 0.6 is 11.6 Å². The molecule has 0 saturated carbocycles. The quantitative estimate of drug-likeness (QED) is 0.643. The van der Waals surface area contributed by atoms with Gasteiger partial charge in [-0.15, -0.1) is 0 Å². The molecule has 0 saturated heterocycles. The van der Waals surface area contributed by atoms with Crippen LogP contribution < -0.4 is 11.1 Å². The van der Waals surface area contributed by atoms with E-state index in [-0.39, 0.29) is 11.2 Å². The van der Waals surface area contributed by atoms with Gasteiger partial charge >= 0.3 is 0 Å². The van der Waals surface area contributed by atoms with Crippen LogP contribution in [0.4, 0.5) is 11.5 Å². The molecule has 0 bridgehead atoms. The number of nitrogens with two attached hydrogens (primary N) is 1. The maximum atomic E-state index is 12.0. The summed E-state index contributed by atoms with van der Waals surface area (Å²) in [5.41, 5.74) is 7.59. The van der Waals surface area contributed by atoms with Gasteiger partial charge < -0.3 is 11.1 Å². The second kappa shape index (κ2) is 5.01. The first-order valence-corrected chi connectivity index (χ1v) is 5.60. The number of hydrogen-bond donors (Lipinski definition) is 2. The molecule has 0 unspecified atom stereocenters. The summed E-state index contributed by atoms with van der Waals surface area (Å²) in [6.07, 6.45) is 1.47. The number of nitrogens with one attached hydrogen (secondary N) is 1. The first-order chi connectivity index (χ1) is 8.56. The van der Waals surface area contributed by atoms with Crippen LogP contribution in [0, 0.1) is 6.92 Å². The van der Waals surface area contributed by atoms with Gasteiger partial charge in [0.05, 0.1) is 0 Å². The summed E-state index contributed by atoms with van der Waals surface area (Å²) in [4.78, 5) is 19.6. The number of hydrogen-bond acceptors (Lipinski definition) is 4. The minimum absolute atomic E-state index is 0.0850. The van der Waals surface area contributed by atoms with E-state index in [1.807, 2.05) is 6.92 Å². The fraction of sp³-hybridized carbons (Fsp3) is 0.0833. The molecule has 0 fully saturated rings. The number of amides is 1. The number of nitrogens with zero attached hydrogens (tertiary/aromatic N) is 2. The summed E-state index contributed by atoms with van der Waals surface area (Å²) < 4.78 is 0. The Bertz CT molecular complexity index is 600. The smallest absolute Gasteiger partial charge is 0.257 e. The van der Waals surface area contributed by atoms with E-state index in [0.717, 1.165) is 5.56 Å². The van der Waals surface area contributed by atoms with Gasteiger partial charge in [0.25, 0.3) is 5.91 Å². The molecule has 0 aliphatic heterocycles. The largest absolute Gasteiger partial charge is 0.399 e. The lowest BCUT2D eigenvalue weighted by atomic mass is 10.1. The zero-order valence-corrected chi connectivity index (χ0v) is 10.4. The molecule has 6 heteroatoms.